The molecule has 1 unspecified atom stereocenters. The molecule has 1 aliphatic carbocycles. The zero-order valence-electron chi connectivity index (χ0n) is 11.6. The van der Waals surface area contributed by atoms with Crippen LogP contribution in [0.25, 0.3) is 0 Å². The molecule has 1 aromatic rings. The predicted molar refractivity (Wildman–Crippen MR) is 71.6 cm³/mol. The molecule has 0 amide bonds. The number of alkyl halides is 3. The molecule has 1 fully saturated rings. The van der Waals surface area contributed by atoms with Crippen molar-refractivity contribution >= 4 is 11.8 Å². The molecule has 2 rings (SSSR count). The van der Waals surface area contributed by atoms with E-state index < -0.39 is 11.9 Å². The van der Waals surface area contributed by atoms with Crippen LogP contribution in [0.5, 0.6) is 0 Å². The first kappa shape index (κ1) is 14.9. The Labute approximate surface area is 116 Å². The second-order valence-corrected chi connectivity index (χ2v) is 5.11. The SMILES string of the molecule is CCNc1nc(NC(C)C2CCC2)cc(C(F)(F)F)n1. The van der Waals surface area contributed by atoms with Gasteiger partial charge in [0.05, 0.1) is 0 Å². The summed E-state index contributed by atoms with van der Waals surface area (Å²) in [7, 11) is 0. The zero-order valence-corrected chi connectivity index (χ0v) is 11.6. The minimum Gasteiger partial charge on any atom is -0.367 e. The molecule has 0 aromatic carbocycles. The Hall–Kier alpha value is -1.53. The molecule has 7 heteroatoms. The molecule has 1 saturated carbocycles. The molecule has 1 heterocycles. The Morgan fingerprint density at radius 1 is 1.35 bits per heavy atom. The second kappa shape index (κ2) is 5.85. The number of anilines is 2. The predicted octanol–water partition coefficient (Wildman–Crippen LogP) is 3.53. The van der Waals surface area contributed by atoms with Gasteiger partial charge in [0.15, 0.2) is 5.69 Å². The Morgan fingerprint density at radius 2 is 2.05 bits per heavy atom. The average molecular weight is 288 g/mol. The van der Waals surface area contributed by atoms with E-state index in [9.17, 15) is 13.2 Å². The fourth-order valence-corrected chi connectivity index (χ4v) is 2.19. The number of hydrogen-bond acceptors (Lipinski definition) is 4. The monoisotopic (exact) mass is 288 g/mol. The summed E-state index contributed by atoms with van der Waals surface area (Å²) in [6, 6.07) is 1.09. The van der Waals surface area contributed by atoms with E-state index in [1.807, 2.05) is 6.92 Å². The fraction of sp³-hybridized carbons (Fsp3) is 0.692. The number of halogens is 3. The van der Waals surface area contributed by atoms with Gasteiger partial charge in [-0.05, 0) is 32.6 Å². The Morgan fingerprint density at radius 3 is 2.55 bits per heavy atom. The lowest BCUT2D eigenvalue weighted by Gasteiger charge is -2.32. The van der Waals surface area contributed by atoms with Gasteiger partial charge in [0.25, 0.3) is 0 Å². The Kier molecular flexibility index (Phi) is 4.35. The summed E-state index contributed by atoms with van der Waals surface area (Å²) >= 11 is 0. The van der Waals surface area contributed by atoms with Crippen LogP contribution >= 0.6 is 0 Å². The van der Waals surface area contributed by atoms with Crippen molar-refractivity contribution in [2.75, 3.05) is 17.2 Å². The number of nitrogens with zero attached hydrogens (tertiary/aromatic N) is 2. The van der Waals surface area contributed by atoms with Gasteiger partial charge in [-0.1, -0.05) is 6.42 Å². The van der Waals surface area contributed by atoms with E-state index in [-0.39, 0.29) is 17.8 Å². The van der Waals surface area contributed by atoms with Crippen LogP contribution in [0.2, 0.25) is 0 Å². The van der Waals surface area contributed by atoms with Crippen LogP contribution in [-0.2, 0) is 6.18 Å². The molecule has 0 aliphatic heterocycles. The summed E-state index contributed by atoms with van der Waals surface area (Å²) < 4.78 is 38.4. The standard InChI is InChI=1S/C13H19F3N4/c1-3-17-12-19-10(13(14,15)16)7-11(20-12)18-8(2)9-5-4-6-9/h7-9H,3-6H2,1-2H3,(H2,17,18,19,20). The first-order valence-corrected chi connectivity index (χ1v) is 6.87. The van der Waals surface area contributed by atoms with E-state index >= 15 is 0 Å². The van der Waals surface area contributed by atoms with Crippen molar-refractivity contribution in [3.05, 3.63) is 11.8 Å². The van der Waals surface area contributed by atoms with Gasteiger partial charge in [-0.3, -0.25) is 0 Å². The van der Waals surface area contributed by atoms with Crippen LogP contribution in [0, 0.1) is 5.92 Å². The lowest BCUT2D eigenvalue weighted by Crippen LogP contribution is -2.31. The van der Waals surface area contributed by atoms with Crippen LogP contribution < -0.4 is 10.6 Å². The highest BCUT2D eigenvalue weighted by molar-refractivity contribution is 5.43. The molecule has 2 N–H and O–H groups in total. The molecule has 112 valence electrons. The molecule has 0 bridgehead atoms. The third-order valence-electron chi connectivity index (χ3n) is 3.58. The molecular weight excluding hydrogens is 269 g/mol. The summed E-state index contributed by atoms with van der Waals surface area (Å²) in [6.45, 7) is 4.23. The van der Waals surface area contributed by atoms with Gasteiger partial charge < -0.3 is 10.6 Å². The summed E-state index contributed by atoms with van der Waals surface area (Å²) in [4.78, 5) is 7.58. The minimum atomic E-state index is -4.47. The maximum absolute atomic E-state index is 12.8. The van der Waals surface area contributed by atoms with Crippen molar-refractivity contribution < 1.29 is 13.2 Å². The fourth-order valence-electron chi connectivity index (χ4n) is 2.19. The first-order valence-electron chi connectivity index (χ1n) is 6.87. The van der Waals surface area contributed by atoms with Crippen molar-refractivity contribution in [1.29, 1.82) is 0 Å². The van der Waals surface area contributed by atoms with Crippen molar-refractivity contribution in [3.63, 3.8) is 0 Å². The van der Waals surface area contributed by atoms with Gasteiger partial charge >= 0.3 is 6.18 Å². The minimum absolute atomic E-state index is 0.00522. The molecule has 0 radical (unpaired) electrons. The highest BCUT2D eigenvalue weighted by Crippen LogP contribution is 2.33. The summed E-state index contributed by atoms with van der Waals surface area (Å²) in [5.41, 5.74) is -0.924. The van der Waals surface area contributed by atoms with Crippen molar-refractivity contribution in [2.24, 2.45) is 5.92 Å². The third kappa shape index (κ3) is 3.52. The number of nitrogens with one attached hydrogen (secondary N) is 2. The molecule has 1 aliphatic rings. The molecule has 1 aromatic heterocycles. The smallest absolute Gasteiger partial charge is 0.367 e. The van der Waals surface area contributed by atoms with Crippen molar-refractivity contribution in [1.82, 2.24) is 9.97 Å². The first-order chi connectivity index (χ1) is 9.40. The maximum Gasteiger partial charge on any atom is 0.433 e. The highest BCUT2D eigenvalue weighted by Gasteiger charge is 2.34. The molecule has 20 heavy (non-hydrogen) atoms. The van der Waals surface area contributed by atoms with Crippen LogP contribution in [0.15, 0.2) is 6.07 Å². The molecule has 4 nitrogen and oxygen atoms in total. The van der Waals surface area contributed by atoms with Crippen LogP contribution in [0.1, 0.15) is 38.8 Å². The van der Waals surface area contributed by atoms with Gasteiger partial charge in [-0.2, -0.15) is 18.2 Å². The lowest BCUT2D eigenvalue weighted by molar-refractivity contribution is -0.141. The molecule has 0 saturated heterocycles. The van der Waals surface area contributed by atoms with E-state index in [0.717, 1.165) is 18.9 Å². The van der Waals surface area contributed by atoms with Crippen LogP contribution in [0.4, 0.5) is 24.9 Å². The number of rotatable bonds is 5. The van der Waals surface area contributed by atoms with Gasteiger partial charge in [0.2, 0.25) is 5.95 Å². The quantitative estimate of drug-likeness (QED) is 0.870. The summed E-state index contributed by atoms with van der Waals surface area (Å²) in [6.07, 6.45) is -1.04. The van der Waals surface area contributed by atoms with Crippen LogP contribution in [-0.4, -0.2) is 22.6 Å². The normalized spacial score (nSPS) is 17.4. The lowest BCUT2D eigenvalue weighted by atomic mass is 9.80. The molecule has 1 atom stereocenters. The Bertz CT molecular complexity index is 457. The molecular formula is C13H19F3N4. The van der Waals surface area contributed by atoms with Gasteiger partial charge in [-0.25, -0.2) is 4.98 Å². The third-order valence-corrected chi connectivity index (χ3v) is 3.58. The van der Waals surface area contributed by atoms with Gasteiger partial charge in [0, 0.05) is 18.7 Å². The van der Waals surface area contributed by atoms with Crippen molar-refractivity contribution in [2.45, 2.75) is 45.3 Å². The maximum atomic E-state index is 12.8. The molecule has 0 spiro atoms. The van der Waals surface area contributed by atoms with E-state index in [4.69, 9.17) is 0 Å². The number of hydrogen-bond donors (Lipinski definition) is 2. The van der Waals surface area contributed by atoms with Crippen molar-refractivity contribution in [3.8, 4) is 0 Å². The summed E-state index contributed by atoms with van der Waals surface area (Å²) in [5, 5.41) is 5.79. The highest BCUT2D eigenvalue weighted by atomic mass is 19.4. The number of aromatic nitrogens is 2. The zero-order chi connectivity index (χ0) is 14.8. The second-order valence-electron chi connectivity index (χ2n) is 5.11. The van der Waals surface area contributed by atoms with Crippen LogP contribution in [0.3, 0.4) is 0 Å². The van der Waals surface area contributed by atoms with E-state index in [1.54, 1.807) is 6.92 Å². The van der Waals surface area contributed by atoms with Gasteiger partial charge in [-0.15, -0.1) is 0 Å². The Balaban J connectivity index is 2.19. The van der Waals surface area contributed by atoms with E-state index in [0.29, 0.717) is 12.5 Å². The van der Waals surface area contributed by atoms with E-state index in [2.05, 4.69) is 20.6 Å². The van der Waals surface area contributed by atoms with Gasteiger partial charge in [0.1, 0.15) is 5.82 Å². The average Bonchev–Trinajstić information content (AvgIpc) is 2.25. The van der Waals surface area contributed by atoms with E-state index in [1.165, 1.54) is 6.42 Å². The summed E-state index contributed by atoms with van der Waals surface area (Å²) in [5.74, 6) is 0.746. The topological polar surface area (TPSA) is 49.8 Å². The largest absolute Gasteiger partial charge is 0.433 e.